The van der Waals surface area contributed by atoms with Crippen molar-refractivity contribution in [2.75, 3.05) is 31.2 Å². The summed E-state index contributed by atoms with van der Waals surface area (Å²) in [6, 6.07) is 6.83. The van der Waals surface area contributed by atoms with Crippen LogP contribution in [0, 0.1) is 13.8 Å². The number of ether oxygens (including phenoxy) is 3. The molecule has 8 heteroatoms. The molecule has 0 radical (unpaired) electrons. The van der Waals surface area contributed by atoms with Crippen LogP contribution in [0.4, 0.5) is 5.82 Å². The Labute approximate surface area is 175 Å². The molecular formula is C22H24N4O4. The first kappa shape index (κ1) is 17.6. The Morgan fingerprint density at radius 1 is 1.10 bits per heavy atom. The van der Waals surface area contributed by atoms with Crippen molar-refractivity contribution < 1.29 is 15.6 Å². The predicted octanol–water partition coefficient (Wildman–Crippen LogP) is 2.53. The predicted molar refractivity (Wildman–Crippen MR) is 112 cm³/mol. The zero-order valence-corrected chi connectivity index (χ0v) is 17.1. The Balaban J connectivity index is 1.35. The molecule has 0 atom stereocenters. The van der Waals surface area contributed by atoms with Gasteiger partial charge in [0.15, 0.2) is 23.0 Å². The number of rotatable bonds is 3. The van der Waals surface area contributed by atoms with Gasteiger partial charge in [-0.2, -0.15) is 4.52 Å². The second-order valence-corrected chi connectivity index (χ2v) is 7.53. The van der Waals surface area contributed by atoms with Gasteiger partial charge in [0.2, 0.25) is 0 Å². The molecule has 1 saturated heterocycles. The Morgan fingerprint density at radius 2 is 1.87 bits per heavy atom. The molecule has 5 rings (SSSR count). The third-order valence-electron chi connectivity index (χ3n) is 5.65. The molecule has 1 aromatic carbocycles. The highest BCUT2D eigenvalue weighted by atomic mass is 16.6. The lowest BCUT2D eigenvalue weighted by molar-refractivity contribution is 0.159. The van der Waals surface area contributed by atoms with Crippen LogP contribution < -0.4 is 24.7 Å². The van der Waals surface area contributed by atoms with E-state index in [1.807, 2.05) is 26.0 Å². The molecule has 2 aliphatic rings. The Bertz CT molecular complexity index is 1200. The summed E-state index contributed by atoms with van der Waals surface area (Å²) >= 11 is 0. The molecule has 0 saturated carbocycles. The minimum absolute atomic E-state index is 0.205. The van der Waals surface area contributed by atoms with Crippen LogP contribution in [0.25, 0.3) is 5.65 Å². The molecule has 8 nitrogen and oxygen atoms in total. The molecule has 4 heterocycles. The number of piperidine rings is 1. The highest BCUT2D eigenvalue weighted by molar-refractivity contribution is 5.59. The van der Waals surface area contributed by atoms with Crippen LogP contribution in [-0.2, 0) is 0 Å². The first-order chi connectivity index (χ1) is 14.9. The van der Waals surface area contributed by atoms with E-state index in [0.29, 0.717) is 62.0 Å². The summed E-state index contributed by atoms with van der Waals surface area (Å²) in [5.41, 5.74) is 2.28. The van der Waals surface area contributed by atoms with Crippen LogP contribution in [0.1, 0.15) is 25.3 Å². The second kappa shape index (κ2) is 7.51. The molecule has 2 aliphatic heterocycles. The lowest BCUT2D eigenvalue weighted by atomic mass is 10.1. The van der Waals surface area contributed by atoms with Gasteiger partial charge in [-0.05, 0) is 26.0 Å². The topological polar surface area (TPSA) is 78.2 Å². The average Bonchev–Trinajstić information content (AvgIpc) is 2.77. The molecular weight excluding hydrogens is 384 g/mol. The Hall–Kier alpha value is -3.29. The number of fused-ring (bicyclic) bond motifs is 2. The first-order valence-electron chi connectivity index (χ1n) is 10.6. The van der Waals surface area contributed by atoms with Crippen molar-refractivity contribution in [2.45, 2.75) is 32.8 Å². The van der Waals surface area contributed by atoms with Gasteiger partial charge >= 0.3 is 0 Å². The lowest BCUT2D eigenvalue weighted by Gasteiger charge is -2.34. The summed E-state index contributed by atoms with van der Waals surface area (Å²) in [7, 11) is 0. The van der Waals surface area contributed by atoms with Crippen LogP contribution in [0.2, 0.25) is 0 Å². The van der Waals surface area contributed by atoms with Crippen LogP contribution >= 0.6 is 0 Å². The smallest absolute Gasteiger partial charge is 0.274 e. The number of aryl methyl sites for hydroxylation is 1. The standard InChI is InChI=1S/C22H24N4O4/c1-14-15(2)22(24-26-20(27)5-8-23-21(14)26)25-9-6-16(7-10-25)30-17-3-4-18-19(13-17)29-12-11-28-18/h3-5,8,13,16H,6-7,9-12H2,1-2H3/i16D. The van der Waals surface area contributed by atoms with E-state index < -0.39 is 6.08 Å². The van der Waals surface area contributed by atoms with E-state index in [2.05, 4.69) is 15.0 Å². The lowest BCUT2D eigenvalue weighted by Crippen LogP contribution is -2.39. The van der Waals surface area contributed by atoms with Gasteiger partial charge in [0, 0.05) is 55.4 Å². The first-order valence-corrected chi connectivity index (χ1v) is 10.1. The molecule has 0 N–H and O–H groups in total. The highest BCUT2D eigenvalue weighted by Crippen LogP contribution is 2.34. The maximum absolute atomic E-state index is 12.3. The van der Waals surface area contributed by atoms with Crippen LogP contribution in [-0.4, -0.2) is 47.0 Å². The van der Waals surface area contributed by atoms with Gasteiger partial charge in [-0.1, -0.05) is 0 Å². The SMILES string of the molecule is [2H]C1(Oc2ccc3c(c2)OCCO3)CCN(c2nn3c(=O)ccnc3c(C)c2C)CC1. The van der Waals surface area contributed by atoms with Crippen molar-refractivity contribution in [2.24, 2.45) is 0 Å². The maximum atomic E-state index is 12.3. The zero-order valence-electron chi connectivity index (χ0n) is 18.1. The average molecular weight is 409 g/mol. The van der Waals surface area contributed by atoms with E-state index >= 15 is 0 Å². The fraction of sp³-hybridized carbons (Fsp3) is 0.409. The second-order valence-electron chi connectivity index (χ2n) is 7.53. The van der Waals surface area contributed by atoms with E-state index in [0.717, 1.165) is 16.9 Å². The fourth-order valence-electron chi connectivity index (χ4n) is 3.88. The zero-order chi connectivity index (χ0) is 21.6. The van der Waals surface area contributed by atoms with Crippen molar-refractivity contribution in [3.8, 4) is 17.2 Å². The summed E-state index contributed by atoms with van der Waals surface area (Å²) < 4.78 is 27.4. The molecule has 3 aromatic rings. The molecule has 30 heavy (non-hydrogen) atoms. The summed E-state index contributed by atoms with van der Waals surface area (Å²) in [5, 5.41) is 4.57. The fourth-order valence-corrected chi connectivity index (χ4v) is 3.88. The van der Waals surface area contributed by atoms with Crippen molar-refractivity contribution >= 4 is 11.5 Å². The number of benzene rings is 1. The molecule has 0 unspecified atom stereocenters. The normalized spacial score (nSPS) is 18.2. The molecule has 0 bridgehead atoms. The van der Waals surface area contributed by atoms with Gasteiger partial charge in [0.1, 0.15) is 25.0 Å². The van der Waals surface area contributed by atoms with Crippen LogP contribution in [0.15, 0.2) is 35.3 Å². The van der Waals surface area contributed by atoms with E-state index in [9.17, 15) is 4.79 Å². The van der Waals surface area contributed by atoms with Crippen molar-refractivity contribution in [3.05, 3.63) is 51.9 Å². The van der Waals surface area contributed by atoms with E-state index in [4.69, 9.17) is 15.6 Å². The van der Waals surface area contributed by atoms with Crippen molar-refractivity contribution in [1.82, 2.24) is 14.6 Å². The Kier molecular flexibility index (Phi) is 4.40. The molecule has 1 fully saturated rings. The monoisotopic (exact) mass is 409 g/mol. The van der Waals surface area contributed by atoms with Gasteiger partial charge in [-0.3, -0.25) is 4.79 Å². The molecule has 2 aromatic heterocycles. The number of hydrogen-bond acceptors (Lipinski definition) is 7. The minimum Gasteiger partial charge on any atom is -0.490 e. The minimum atomic E-state index is -1.04. The van der Waals surface area contributed by atoms with E-state index in [1.54, 1.807) is 6.07 Å². The number of hydrogen-bond donors (Lipinski definition) is 0. The van der Waals surface area contributed by atoms with E-state index in [1.165, 1.54) is 16.8 Å². The van der Waals surface area contributed by atoms with Crippen molar-refractivity contribution in [1.29, 1.82) is 0 Å². The number of aromatic nitrogens is 3. The van der Waals surface area contributed by atoms with Gasteiger partial charge < -0.3 is 19.1 Å². The summed E-state index contributed by atoms with van der Waals surface area (Å²) in [4.78, 5) is 18.7. The summed E-state index contributed by atoms with van der Waals surface area (Å²) in [6.07, 6.45) is 1.47. The summed E-state index contributed by atoms with van der Waals surface area (Å²) in [5.74, 6) is 2.70. The number of anilines is 1. The van der Waals surface area contributed by atoms with Gasteiger partial charge in [0.25, 0.3) is 5.56 Å². The van der Waals surface area contributed by atoms with Crippen molar-refractivity contribution in [3.63, 3.8) is 0 Å². The van der Waals surface area contributed by atoms with Crippen LogP contribution in [0.5, 0.6) is 17.2 Å². The molecule has 0 spiro atoms. The van der Waals surface area contributed by atoms with Gasteiger partial charge in [-0.15, -0.1) is 5.10 Å². The van der Waals surface area contributed by atoms with Crippen LogP contribution in [0.3, 0.4) is 0 Å². The third-order valence-corrected chi connectivity index (χ3v) is 5.65. The summed E-state index contributed by atoms with van der Waals surface area (Å²) in [6.45, 7) is 6.18. The Morgan fingerprint density at radius 3 is 2.67 bits per heavy atom. The quantitative estimate of drug-likeness (QED) is 0.658. The largest absolute Gasteiger partial charge is 0.490 e. The maximum Gasteiger partial charge on any atom is 0.274 e. The molecule has 0 aliphatic carbocycles. The highest BCUT2D eigenvalue weighted by Gasteiger charge is 2.25. The van der Waals surface area contributed by atoms with E-state index in [-0.39, 0.29) is 5.56 Å². The molecule has 0 amide bonds. The van der Waals surface area contributed by atoms with Gasteiger partial charge in [-0.25, -0.2) is 4.98 Å². The third kappa shape index (κ3) is 3.32. The van der Waals surface area contributed by atoms with Gasteiger partial charge in [0.05, 0.1) is 1.37 Å². The number of nitrogens with zero attached hydrogens (tertiary/aromatic N) is 4. The molecule has 156 valence electrons.